The molecule has 0 spiro atoms. The number of likely N-dealkylation sites (tertiary alicyclic amines) is 1. The minimum absolute atomic E-state index is 0.0273. The molecule has 2 N–H and O–H groups in total. The first-order valence-corrected chi connectivity index (χ1v) is 6.86. The second-order valence-corrected chi connectivity index (χ2v) is 5.31. The number of rotatable bonds is 4. The molecule has 1 aromatic rings. The summed E-state index contributed by atoms with van der Waals surface area (Å²) in [5, 5.41) is 11.1. The molecule has 1 unspecified atom stereocenters. The maximum atomic E-state index is 10.9. The first-order valence-electron chi connectivity index (χ1n) is 6.48. The summed E-state index contributed by atoms with van der Waals surface area (Å²) in [7, 11) is 0. The summed E-state index contributed by atoms with van der Waals surface area (Å²) in [6.45, 7) is 2.33. The molecule has 1 aliphatic heterocycles. The van der Waals surface area contributed by atoms with Crippen LogP contribution >= 0.6 is 11.6 Å². The average Bonchev–Trinajstić information content (AvgIpc) is 2.41. The molecule has 0 aliphatic carbocycles. The Bertz CT molecular complexity index is 467. The SMILES string of the molecule is NCC1CCCCN1Cc1ccc(Cl)c([N+](=O)[O-])c1. The van der Waals surface area contributed by atoms with Crippen LogP contribution in [0.3, 0.4) is 0 Å². The lowest BCUT2D eigenvalue weighted by Gasteiger charge is -2.34. The first kappa shape index (κ1) is 14.2. The van der Waals surface area contributed by atoms with E-state index in [1.54, 1.807) is 12.1 Å². The van der Waals surface area contributed by atoms with Crippen molar-refractivity contribution in [3.63, 3.8) is 0 Å². The molecule has 5 nitrogen and oxygen atoms in total. The fourth-order valence-electron chi connectivity index (χ4n) is 2.57. The topological polar surface area (TPSA) is 72.4 Å². The third kappa shape index (κ3) is 3.43. The summed E-state index contributed by atoms with van der Waals surface area (Å²) in [5.41, 5.74) is 6.66. The normalized spacial score (nSPS) is 20.4. The zero-order valence-corrected chi connectivity index (χ0v) is 11.5. The van der Waals surface area contributed by atoms with Crippen molar-refractivity contribution < 1.29 is 4.92 Å². The highest BCUT2D eigenvalue weighted by atomic mass is 35.5. The third-order valence-electron chi connectivity index (χ3n) is 3.61. The Kier molecular flexibility index (Phi) is 4.74. The number of nitrogens with zero attached hydrogens (tertiary/aromatic N) is 2. The summed E-state index contributed by atoms with van der Waals surface area (Å²) in [6.07, 6.45) is 3.47. The molecule has 0 bridgehead atoms. The minimum atomic E-state index is -0.442. The summed E-state index contributed by atoms with van der Waals surface area (Å²) < 4.78 is 0. The highest BCUT2D eigenvalue weighted by Crippen LogP contribution is 2.27. The van der Waals surface area contributed by atoms with Crippen LogP contribution in [0.1, 0.15) is 24.8 Å². The second-order valence-electron chi connectivity index (χ2n) is 4.90. The maximum absolute atomic E-state index is 10.9. The van der Waals surface area contributed by atoms with Crippen molar-refractivity contribution in [1.29, 1.82) is 0 Å². The van der Waals surface area contributed by atoms with E-state index in [9.17, 15) is 10.1 Å². The van der Waals surface area contributed by atoms with Crippen LogP contribution in [0.2, 0.25) is 5.02 Å². The summed E-state index contributed by atoms with van der Waals surface area (Å²) >= 11 is 5.81. The zero-order chi connectivity index (χ0) is 13.8. The van der Waals surface area contributed by atoms with Crippen LogP contribution in [0, 0.1) is 10.1 Å². The van der Waals surface area contributed by atoms with Crippen LogP contribution in [-0.4, -0.2) is 29.0 Å². The van der Waals surface area contributed by atoms with Crippen LogP contribution in [0.15, 0.2) is 18.2 Å². The van der Waals surface area contributed by atoms with E-state index in [0.29, 0.717) is 19.1 Å². The van der Waals surface area contributed by atoms with Gasteiger partial charge in [0.2, 0.25) is 0 Å². The van der Waals surface area contributed by atoms with Gasteiger partial charge in [0.05, 0.1) is 4.92 Å². The molecule has 6 heteroatoms. The lowest BCUT2D eigenvalue weighted by Crippen LogP contribution is -2.43. The van der Waals surface area contributed by atoms with E-state index in [0.717, 1.165) is 24.9 Å². The number of hydrogen-bond acceptors (Lipinski definition) is 4. The van der Waals surface area contributed by atoms with E-state index in [1.165, 1.54) is 6.42 Å². The van der Waals surface area contributed by atoms with Gasteiger partial charge < -0.3 is 5.73 Å². The van der Waals surface area contributed by atoms with E-state index >= 15 is 0 Å². The summed E-state index contributed by atoms with van der Waals surface area (Å²) in [4.78, 5) is 12.7. The Morgan fingerprint density at radius 2 is 2.26 bits per heavy atom. The van der Waals surface area contributed by atoms with Crippen molar-refractivity contribution >= 4 is 17.3 Å². The Balaban J connectivity index is 2.14. The molecule has 0 aromatic heterocycles. The van der Waals surface area contributed by atoms with E-state index < -0.39 is 4.92 Å². The fourth-order valence-corrected chi connectivity index (χ4v) is 2.75. The molecule has 0 saturated carbocycles. The van der Waals surface area contributed by atoms with E-state index in [-0.39, 0.29) is 10.7 Å². The van der Waals surface area contributed by atoms with E-state index in [2.05, 4.69) is 4.90 Å². The predicted molar refractivity (Wildman–Crippen MR) is 75.2 cm³/mol. The smallest absolute Gasteiger partial charge is 0.288 e. The van der Waals surface area contributed by atoms with Gasteiger partial charge in [0.15, 0.2) is 0 Å². The quantitative estimate of drug-likeness (QED) is 0.681. The van der Waals surface area contributed by atoms with Crippen molar-refractivity contribution in [2.24, 2.45) is 5.73 Å². The van der Waals surface area contributed by atoms with Gasteiger partial charge in [-0.05, 0) is 31.0 Å². The number of benzene rings is 1. The molecular formula is C13H18ClN3O2. The molecule has 0 amide bonds. The molecule has 1 atom stereocenters. The van der Waals surface area contributed by atoms with Crippen LogP contribution in [0.5, 0.6) is 0 Å². The Morgan fingerprint density at radius 1 is 1.47 bits per heavy atom. The molecule has 0 radical (unpaired) electrons. The van der Waals surface area contributed by atoms with Gasteiger partial charge in [0, 0.05) is 25.2 Å². The first-order chi connectivity index (χ1) is 9.11. The lowest BCUT2D eigenvalue weighted by atomic mass is 10.0. The third-order valence-corrected chi connectivity index (χ3v) is 3.93. The second kappa shape index (κ2) is 6.32. The van der Waals surface area contributed by atoms with Gasteiger partial charge in [-0.15, -0.1) is 0 Å². The monoisotopic (exact) mass is 283 g/mol. The lowest BCUT2D eigenvalue weighted by molar-refractivity contribution is -0.384. The van der Waals surface area contributed by atoms with Gasteiger partial charge in [-0.25, -0.2) is 0 Å². The van der Waals surface area contributed by atoms with Crippen LogP contribution in [0.25, 0.3) is 0 Å². The average molecular weight is 284 g/mol. The van der Waals surface area contributed by atoms with Crippen molar-refractivity contribution in [1.82, 2.24) is 4.90 Å². The Labute approximate surface area is 117 Å². The van der Waals surface area contributed by atoms with Crippen molar-refractivity contribution in [2.75, 3.05) is 13.1 Å². The van der Waals surface area contributed by atoms with Crippen molar-refractivity contribution in [3.8, 4) is 0 Å². The highest BCUT2D eigenvalue weighted by Gasteiger charge is 2.22. The molecule has 104 valence electrons. The number of piperidine rings is 1. The zero-order valence-electron chi connectivity index (χ0n) is 10.7. The highest BCUT2D eigenvalue weighted by molar-refractivity contribution is 6.32. The van der Waals surface area contributed by atoms with Gasteiger partial charge in [-0.2, -0.15) is 0 Å². The Morgan fingerprint density at radius 3 is 2.95 bits per heavy atom. The molecule has 1 aliphatic rings. The van der Waals surface area contributed by atoms with E-state index in [4.69, 9.17) is 17.3 Å². The van der Waals surface area contributed by atoms with Gasteiger partial charge in [0.25, 0.3) is 5.69 Å². The summed E-state index contributed by atoms with van der Waals surface area (Å²) in [5.74, 6) is 0. The van der Waals surface area contributed by atoms with Crippen molar-refractivity contribution in [3.05, 3.63) is 38.9 Å². The number of halogens is 1. The molecule has 19 heavy (non-hydrogen) atoms. The van der Waals surface area contributed by atoms with Gasteiger partial charge in [-0.1, -0.05) is 24.1 Å². The Hall–Kier alpha value is -1.17. The van der Waals surface area contributed by atoms with Gasteiger partial charge >= 0.3 is 0 Å². The summed E-state index contributed by atoms with van der Waals surface area (Å²) in [6, 6.07) is 5.38. The van der Waals surface area contributed by atoms with Crippen LogP contribution in [0.4, 0.5) is 5.69 Å². The standard InChI is InChI=1S/C13H18ClN3O2/c14-12-5-4-10(7-13(12)17(18)19)9-16-6-2-1-3-11(16)8-15/h4-5,7,11H,1-3,6,8-9,15H2. The number of nitrogens with two attached hydrogens (primary N) is 1. The molecule has 2 rings (SSSR count). The number of hydrogen-bond donors (Lipinski definition) is 1. The van der Waals surface area contributed by atoms with Crippen LogP contribution in [-0.2, 0) is 6.54 Å². The predicted octanol–water partition coefficient (Wildman–Crippen LogP) is 2.56. The van der Waals surface area contributed by atoms with Gasteiger partial charge in [-0.3, -0.25) is 15.0 Å². The molecule has 1 saturated heterocycles. The maximum Gasteiger partial charge on any atom is 0.288 e. The molecule has 1 fully saturated rings. The molecule has 1 aromatic carbocycles. The minimum Gasteiger partial charge on any atom is -0.329 e. The largest absolute Gasteiger partial charge is 0.329 e. The van der Waals surface area contributed by atoms with Gasteiger partial charge in [0.1, 0.15) is 5.02 Å². The van der Waals surface area contributed by atoms with Crippen LogP contribution < -0.4 is 5.73 Å². The fraction of sp³-hybridized carbons (Fsp3) is 0.538. The molecular weight excluding hydrogens is 266 g/mol. The van der Waals surface area contributed by atoms with E-state index in [1.807, 2.05) is 6.07 Å². The number of nitro benzene ring substituents is 1. The number of nitro groups is 1. The molecule has 1 heterocycles. The van der Waals surface area contributed by atoms with Crippen molar-refractivity contribution in [2.45, 2.75) is 31.8 Å².